The molecule has 2 aliphatic rings. The molecule has 5 rings (SSSR count). The number of hydrogen-bond acceptors (Lipinski definition) is 5. The first-order chi connectivity index (χ1) is 11.7. The summed E-state index contributed by atoms with van der Waals surface area (Å²) < 4.78 is 8.09. The quantitative estimate of drug-likeness (QED) is 0.784. The van der Waals surface area contributed by atoms with E-state index in [1.54, 1.807) is 4.52 Å². The Hall–Kier alpha value is -2.63. The second-order valence-corrected chi connectivity index (χ2v) is 6.83. The van der Waals surface area contributed by atoms with Gasteiger partial charge >= 0.3 is 0 Å². The molecule has 0 radical (unpaired) electrons. The summed E-state index contributed by atoms with van der Waals surface area (Å²) >= 11 is 0. The Kier molecular flexibility index (Phi) is 2.83. The highest BCUT2D eigenvalue weighted by Gasteiger charge is 2.45. The second-order valence-electron chi connectivity index (χ2n) is 6.83. The first-order valence-electron chi connectivity index (χ1n) is 8.44. The minimum atomic E-state index is -0.00439. The van der Waals surface area contributed by atoms with Gasteiger partial charge in [0.15, 0.2) is 0 Å². The number of rotatable bonds is 2. The van der Waals surface area contributed by atoms with Crippen LogP contribution in [0.2, 0.25) is 0 Å². The molecule has 0 saturated heterocycles. The van der Waals surface area contributed by atoms with Crippen LogP contribution >= 0.6 is 0 Å². The van der Waals surface area contributed by atoms with Gasteiger partial charge in [0.25, 0.3) is 5.78 Å². The molecule has 1 aliphatic heterocycles. The number of hydrogen-bond donors (Lipinski definition) is 1. The van der Waals surface area contributed by atoms with Gasteiger partial charge < -0.3 is 10.1 Å². The fourth-order valence-corrected chi connectivity index (χ4v) is 3.84. The number of aromatic nitrogens is 4. The zero-order valence-corrected chi connectivity index (χ0v) is 13.6. The maximum Gasteiger partial charge on any atom is 0.254 e. The van der Waals surface area contributed by atoms with Crippen molar-refractivity contribution in [3.8, 4) is 5.75 Å². The summed E-state index contributed by atoms with van der Waals surface area (Å²) in [5.41, 5.74) is 2.13. The van der Waals surface area contributed by atoms with Crippen molar-refractivity contribution in [2.75, 3.05) is 5.32 Å². The van der Waals surface area contributed by atoms with Crippen molar-refractivity contribution in [2.24, 2.45) is 0 Å². The molecule has 3 aromatic rings. The minimum absolute atomic E-state index is 0.00439. The van der Waals surface area contributed by atoms with E-state index < -0.39 is 0 Å². The SMILES string of the molecule is Cc1cc(NC2CC3(CCC3)Oc3ccccc32)n2ncnc2n1. The van der Waals surface area contributed by atoms with Gasteiger partial charge in [-0.25, -0.2) is 4.98 Å². The number of para-hydroxylation sites is 1. The number of ether oxygens (including phenoxy) is 1. The van der Waals surface area contributed by atoms with Crippen molar-refractivity contribution in [3.63, 3.8) is 0 Å². The third kappa shape index (κ3) is 2.06. The van der Waals surface area contributed by atoms with Crippen LogP contribution in [0.1, 0.15) is 43.0 Å². The zero-order valence-electron chi connectivity index (χ0n) is 13.6. The zero-order chi connectivity index (χ0) is 16.1. The number of aryl methyl sites for hydroxylation is 1. The molecule has 1 N–H and O–H groups in total. The Labute approximate surface area is 139 Å². The lowest BCUT2D eigenvalue weighted by atomic mass is 9.73. The van der Waals surface area contributed by atoms with Gasteiger partial charge in [-0.15, -0.1) is 0 Å². The molecule has 1 aromatic carbocycles. The number of nitrogens with one attached hydrogen (secondary N) is 1. The molecule has 0 amide bonds. The fraction of sp³-hybridized carbons (Fsp3) is 0.389. The first kappa shape index (κ1) is 13.8. The van der Waals surface area contributed by atoms with E-state index in [2.05, 4.69) is 38.6 Å². The van der Waals surface area contributed by atoms with E-state index in [1.807, 2.05) is 19.1 Å². The number of anilines is 1. The van der Waals surface area contributed by atoms with Gasteiger partial charge in [-0.2, -0.15) is 14.6 Å². The van der Waals surface area contributed by atoms with Gasteiger partial charge in [0.2, 0.25) is 0 Å². The van der Waals surface area contributed by atoms with E-state index in [4.69, 9.17) is 4.74 Å². The standard InChI is InChI=1S/C18H19N5O/c1-12-9-16(23-17(21-12)19-11-20-23)22-14-10-18(7-4-8-18)24-15-6-3-2-5-13(14)15/h2-3,5-6,9,11,14,22H,4,7-8,10H2,1H3. The van der Waals surface area contributed by atoms with E-state index >= 15 is 0 Å². The van der Waals surface area contributed by atoms with Crippen LogP contribution in [0.3, 0.4) is 0 Å². The van der Waals surface area contributed by atoms with Crippen LogP contribution in [0.5, 0.6) is 5.75 Å². The maximum atomic E-state index is 6.33. The molecule has 3 heterocycles. The van der Waals surface area contributed by atoms with Crippen molar-refractivity contribution >= 4 is 11.6 Å². The summed E-state index contributed by atoms with van der Waals surface area (Å²) in [5, 5.41) is 7.97. The van der Waals surface area contributed by atoms with E-state index in [0.717, 1.165) is 36.5 Å². The third-order valence-corrected chi connectivity index (χ3v) is 5.16. The van der Waals surface area contributed by atoms with Gasteiger partial charge in [-0.3, -0.25) is 0 Å². The predicted octanol–water partition coefficient (Wildman–Crippen LogP) is 3.29. The van der Waals surface area contributed by atoms with Crippen LogP contribution in [0.25, 0.3) is 5.78 Å². The van der Waals surface area contributed by atoms with Crippen molar-refractivity contribution in [1.82, 2.24) is 19.6 Å². The third-order valence-electron chi connectivity index (χ3n) is 5.16. The highest BCUT2D eigenvalue weighted by atomic mass is 16.5. The molecule has 1 atom stereocenters. The number of nitrogens with zero attached hydrogens (tertiary/aromatic N) is 4. The average molecular weight is 321 g/mol. The summed E-state index contributed by atoms with van der Waals surface area (Å²) in [6.07, 6.45) is 6.03. The monoisotopic (exact) mass is 321 g/mol. The van der Waals surface area contributed by atoms with E-state index in [-0.39, 0.29) is 11.6 Å². The van der Waals surface area contributed by atoms with Crippen LogP contribution < -0.4 is 10.1 Å². The minimum Gasteiger partial charge on any atom is -0.487 e. The van der Waals surface area contributed by atoms with Gasteiger partial charge in [-0.05, 0) is 32.3 Å². The molecule has 0 bridgehead atoms. The lowest BCUT2D eigenvalue weighted by Crippen LogP contribution is -2.48. The molecule has 122 valence electrons. The van der Waals surface area contributed by atoms with Crippen LogP contribution in [0.15, 0.2) is 36.7 Å². The van der Waals surface area contributed by atoms with Gasteiger partial charge in [-0.1, -0.05) is 18.2 Å². The second kappa shape index (κ2) is 4.93. The molecule has 24 heavy (non-hydrogen) atoms. The molecule has 1 saturated carbocycles. The van der Waals surface area contributed by atoms with E-state index in [9.17, 15) is 0 Å². The lowest BCUT2D eigenvalue weighted by Gasteiger charge is -2.48. The fourth-order valence-electron chi connectivity index (χ4n) is 3.84. The number of benzene rings is 1. The average Bonchev–Trinajstić information content (AvgIpc) is 3.01. The van der Waals surface area contributed by atoms with Crippen molar-refractivity contribution in [3.05, 3.63) is 47.9 Å². The van der Waals surface area contributed by atoms with Crippen molar-refractivity contribution < 1.29 is 4.74 Å². The topological polar surface area (TPSA) is 64.3 Å². The molecule has 1 aliphatic carbocycles. The molecule has 1 unspecified atom stereocenters. The van der Waals surface area contributed by atoms with Crippen LogP contribution in [0.4, 0.5) is 5.82 Å². The Morgan fingerprint density at radius 2 is 2.17 bits per heavy atom. The van der Waals surface area contributed by atoms with Crippen molar-refractivity contribution in [1.29, 1.82) is 0 Å². The van der Waals surface area contributed by atoms with Gasteiger partial charge in [0.05, 0.1) is 6.04 Å². The van der Waals surface area contributed by atoms with E-state index in [0.29, 0.717) is 5.78 Å². The summed E-state index contributed by atoms with van der Waals surface area (Å²) in [7, 11) is 0. The normalized spacial score (nSPS) is 21.1. The Morgan fingerprint density at radius 3 is 3.00 bits per heavy atom. The highest BCUT2D eigenvalue weighted by Crippen LogP contribution is 2.49. The van der Waals surface area contributed by atoms with Crippen LogP contribution in [-0.4, -0.2) is 25.2 Å². The lowest BCUT2D eigenvalue weighted by molar-refractivity contribution is -0.0309. The molecular formula is C18H19N5O. The summed E-state index contributed by atoms with van der Waals surface area (Å²) in [6, 6.07) is 10.5. The van der Waals surface area contributed by atoms with Crippen molar-refractivity contribution in [2.45, 2.75) is 44.2 Å². The largest absolute Gasteiger partial charge is 0.487 e. The smallest absolute Gasteiger partial charge is 0.254 e. The Morgan fingerprint density at radius 1 is 1.29 bits per heavy atom. The van der Waals surface area contributed by atoms with Crippen LogP contribution in [-0.2, 0) is 0 Å². The van der Waals surface area contributed by atoms with E-state index in [1.165, 1.54) is 18.3 Å². The molecule has 1 spiro atoms. The molecule has 2 aromatic heterocycles. The molecule has 6 nitrogen and oxygen atoms in total. The molecule has 6 heteroatoms. The van der Waals surface area contributed by atoms with Crippen LogP contribution in [0, 0.1) is 6.92 Å². The number of fused-ring (bicyclic) bond motifs is 2. The molecule has 1 fully saturated rings. The summed E-state index contributed by atoms with van der Waals surface area (Å²) in [5.74, 6) is 2.55. The summed E-state index contributed by atoms with van der Waals surface area (Å²) in [6.45, 7) is 1.98. The Balaban J connectivity index is 1.57. The van der Waals surface area contributed by atoms with Gasteiger partial charge in [0, 0.05) is 23.7 Å². The maximum absolute atomic E-state index is 6.33. The predicted molar refractivity (Wildman–Crippen MR) is 90.2 cm³/mol. The van der Waals surface area contributed by atoms with Gasteiger partial charge in [0.1, 0.15) is 23.5 Å². The summed E-state index contributed by atoms with van der Waals surface area (Å²) in [4.78, 5) is 8.62. The Bertz CT molecular complexity index is 915. The molecular weight excluding hydrogens is 302 g/mol. The highest BCUT2D eigenvalue weighted by molar-refractivity contribution is 5.49. The first-order valence-corrected chi connectivity index (χ1v) is 8.44.